The Bertz CT molecular complexity index is 812. The number of hydrogen-bond donors (Lipinski definition) is 0. The molecule has 23 heavy (non-hydrogen) atoms. The number of amides is 1. The molecule has 0 atom stereocenters. The number of nitriles is 1. The number of benzene rings is 2. The van der Waals surface area contributed by atoms with Crippen molar-refractivity contribution < 1.29 is 9.53 Å². The summed E-state index contributed by atoms with van der Waals surface area (Å²) in [6.45, 7) is 1.49. The number of methoxy groups -OCH3 is 1. The van der Waals surface area contributed by atoms with Gasteiger partial charge in [0.15, 0.2) is 0 Å². The first-order chi connectivity index (χ1) is 11.2. The lowest BCUT2D eigenvalue weighted by Gasteiger charge is -2.14. The van der Waals surface area contributed by atoms with Crippen LogP contribution < -0.4 is 4.74 Å². The van der Waals surface area contributed by atoms with Gasteiger partial charge in [-0.2, -0.15) is 5.26 Å². The lowest BCUT2D eigenvalue weighted by atomic mass is 10.0. The van der Waals surface area contributed by atoms with Crippen molar-refractivity contribution in [2.24, 2.45) is 0 Å². The van der Waals surface area contributed by atoms with E-state index < -0.39 is 0 Å². The van der Waals surface area contributed by atoms with E-state index in [-0.39, 0.29) is 11.5 Å². The van der Waals surface area contributed by atoms with Gasteiger partial charge in [0, 0.05) is 13.1 Å². The molecule has 1 fully saturated rings. The minimum absolute atomic E-state index is 0.167. The molecule has 0 radical (unpaired) electrons. The SMILES string of the molecule is COc1ccc2cc(/C=C(\C#N)C(=O)N3CCCC3)ccc2c1. The second-order valence-corrected chi connectivity index (χ2v) is 5.64. The summed E-state index contributed by atoms with van der Waals surface area (Å²) in [5.74, 6) is 0.641. The fraction of sp³-hybridized carbons (Fsp3) is 0.263. The van der Waals surface area contributed by atoms with Gasteiger partial charge in [-0.1, -0.05) is 18.2 Å². The number of carbonyl (C=O) groups is 1. The van der Waals surface area contributed by atoms with Gasteiger partial charge in [-0.15, -0.1) is 0 Å². The number of carbonyl (C=O) groups excluding carboxylic acids is 1. The van der Waals surface area contributed by atoms with Crippen LogP contribution in [0.3, 0.4) is 0 Å². The molecule has 4 heteroatoms. The second-order valence-electron chi connectivity index (χ2n) is 5.64. The lowest BCUT2D eigenvalue weighted by Crippen LogP contribution is -2.28. The van der Waals surface area contributed by atoms with Gasteiger partial charge in [-0.25, -0.2) is 0 Å². The summed E-state index contributed by atoms with van der Waals surface area (Å²) in [6, 6.07) is 13.7. The molecule has 0 spiro atoms. The fourth-order valence-corrected chi connectivity index (χ4v) is 2.86. The molecule has 0 aromatic heterocycles. The maximum Gasteiger partial charge on any atom is 0.264 e. The first-order valence-electron chi connectivity index (χ1n) is 7.70. The molecule has 4 nitrogen and oxygen atoms in total. The fourth-order valence-electron chi connectivity index (χ4n) is 2.86. The lowest BCUT2D eigenvalue weighted by molar-refractivity contribution is -0.125. The minimum atomic E-state index is -0.167. The predicted octanol–water partition coefficient (Wildman–Crippen LogP) is 3.38. The molecule has 3 rings (SSSR count). The molecule has 1 aliphatic rings. The Labute approximate surface area is 135 Å². The van der Waals surface area contributed by atoms with Gasteiger partial charge in [-0.05, 0) is 53.5 Å². The third-order valence-corrected chi connectivity index (χ3v) is 4.13. The molecule has 116 valence electrons. The Kier molecular flexibility index (Phi) is 4.29. The molecule has 0 aliphatic carbocycles. The first kappa shape index (κ1) is 15.1. The highest BCUT2D eigenvalue weighted by atomic mass is 16.5. The van der Waals surface area contributed by atoms with Crippen LogP contribution in [-0.2, 0) is 4.79 Å². The molecule has 1 amide bonds. The van der Waals surface area contributed by atoms with Crippen LogP contribution in [0.15, 0.2) is 42.0 Å². The Balaban J connectivity index is 1.92. The molecule has 2 aromatic carbocycles. The van der Waals surface area contributed by atoms with Gasteiger partial charge in [0.05, 0.1) is 7.11 Å². The van der Waals surface area contributed by atoms with Crippen LogP contribution in [0, 0.1) is 11.3 Å². The van der Waals surface area contributed by atoms with Crippen molar-refractivity contribution in [3.63, 3.8) is 0 Å². The molecule has 1 saturated heterocycles. The smallest absolute Gasteiger partial charge is 0.264 e. The van der Waals surface area contributed by atoms with Crippen molar-refractivity contribution in [3.05, 3.63) is 47.5 Å². The number of ether oxygens (including phenoxy) is 1. The molecule has 2 aromatic rings. The summed E-state index contributed by atoms with van der Waals surface area (Å²) in [5, 5.41) is 11.4. The zero-order valence-corrected chi connectivity index (χ0v) is 13.1. The molecule has 0 bridgehead atoms. The molecule has 0 saturated carbocycles. The zero-order valence-electron chi connectivity index (χ0n) is 13.1. The van der Waals surface area contributed by atoms with Crippen molar-refractivity contribution in [1.29, 1.82) is 5.26 Å². The molecule has 1 aliphatic heterocycles. The quantitative estimate of drug-likeness (QED) is 0.645. The van der Waals surface area contributed by atoms with Gasteiger partial charge < -0.3 is 9.64 Å². The van der Waals surface area contributed by atoms with Crippen LogP contribution in [0.4, 0.5) is 0 Å². The maximum absolute atomic E-state index is 12.3. The van der Waals surface area contributed by atoms with Gasteiger partial charge in [0.2, 0.25) is 0 Å². The number of hydrogen-bond acceptors (Lipinski definition) is 3. The summed E-state index contributed by atoms with van der Waals surface area (Å²) in [5.41, 5.74) is 1.05. The summed E-state index contributed by atoms with van der Waals surface area (Å²) in [7, 11) is 1.64. The van der Waals surface area contributed by atoms with E-state index in [0.29, 0.717) is 0 Å². The van der Waals surface area contributed by atoms with Gasteiger partial charge >= 0.3 is 0 Å². The predicted molar refractivity (Wildman–Crippen MR) is 89.9 cm³/mol. The van der Waals surface area contributed by atoms with E-state index in [0.717, 1.165) is 48.0 Å². The molecule has 0 N–H and O–H groups in total. The highest BCUT2D eigenvalue weighted by Gasteiger charge is 2.21. The average molecular weight is 306 g/mol. The Morgan fingerprint density at radius 2 is 1.87 bits per heavy atom. The summed E-state index contributed by atoms with van der Waals surface area (Å²) in [4.78, 5) is 14.1. The van der Waals surface area contributed by atoms with E-state index >= 15 is 0 Å². The topological polar surface area (TPSA) is 53.3 Å². The number of likely N-dealkylation sites (tertiary alicyclic amines) is 1. The Morgan fingerprint density at radius 1 is 1.17 bits per heavy atom. The van der Waals surface area contributed by atoms with Crippen molar-refractivity contribution in [3.8, 4) is 11.8 Å². The van der Waals surface area contributed by atoms with E-state index in [2.05, 4.69) is 0 Å². The zero-order chi connectivity index (χ0) is 16.2. The van der Waals surface area contributed by atoms with E-state index in [4.69, 9.17) is 4.74 Å². The number of fused-ring (bicyclic) bond motifs is 1. The standard InChI is InChI=1S/C19H18N2O2/c1-23-18-7-6-15-10-14(4-5-16(15)12-18)11-17(13-20)19(22)21-8-2-3-9-21/h4-7,10-12H,2-3,8-9H2,1H3/b17-11+. The summed E-state index contributed by atoms with van der Waals surface area (Å²) >= 11 is 0. The van der Waals surface area contributed by atoms with Gasteiger partial charge in [0.25, 0.3) is 5.91 Å². The van der Waals surface area contributed by atoms with Gasteiger partial charge in [-0.3, -0.25) is 4.79 Å². The average Bonchev–Trinajstić information content (AvgIpc) is 3.13. The monoisotopic (exact) mass is 306 g/mol. The molecular weight excluding hydrogens is 288 g/mol. The first-order valence-corrected chi connectivity index (χ1v) is 7.70. The molecular formula is C19H18N2O2. The number of rotatable bonds is 3. The minimum Gasteiger partial charge on any atom is -0.497 e. The Hall–Kier alpha value is -2.80. The van der Waals surface area contributed by atoms with E-state index in [9.17, 15) is 10.1 Å². The van der Waals surface area contributed by atoms with Crippen molar-refractivity contribution in [2.45, 2.75) is 12.8 Å². The van der Waals surface area contributed by atoms with E-state index in [1.165, 1.54) is 0 Å². The van der Waals surface area contributed by atoms with Crippen LogP contribution in [0.25, 0.3) is 16.8 Å². The highest BCUT2D eigenvalue weighted by Crippen LogP contribution is 2.23. The van der Waals surface area contributed by atoms with Crippen LogP contribution >= 0.6 is 0 Å². The number of nitrogens with zero attached hydrogens (tertiary/aromatic N) is 2. The van der Waals surface area contributed by atoms with Crippen LogP contribution in [-0.4, -0.2) is 31.0 Å². The van der Waals surface area contributed by atoms with Crippen LogP contribution in [0.2, 0.25) is 0 Å². The van der Waals surface area contributed by atoms with Crippen molar-refractivity contribution in [1.82, 2.24) is 4.90 Å². The third-order valence-electron chi connectivity index (χ3n) is 4.13. The van der Waals surface area contributed by atoms with E-state index in [1.807, 2.05) is 42.5 Å². The second kappa shape index (κ2) is 6.53. The summed E-state index contributed by atoms with van der Waals surface area (Å²) in [6.07, 6.45) is 3.70. The summed E-state index contributed by atoms with van der Waals surface area (Å²) < 4.78 is 5.22. The van der Waals surface area contributed by atoms with Crippen LogP contribution in [0.5, 0.6) is 5.75 Å². The van der Waals surface area contributed by atoms with Crippen LogP contribution in [0.1, 0.15) is 18.4 Å². The molecule has 0 unspecified atom stereocenters. The maximum atomic E-state index is 12.3. The third kappa shape index (κ3) is 3.19. The van der Waals surface area contributed by atoms with Crippen molar-refractivity contribution in [2.75, 3.05) is 20.2 Å². The van der Waals surface area contributed by atoms with Gasteiger partial charge in [0.1, 0.15) is 17.4 Å². The molecule has 1 heterocycles. The largest absolute Gasteiger partial charge is 0.497 e. The normalized spacial score (nSPS) is 14.8. The Morgan fingerprint density at radius 3 is 2.57 bits per heavy atom. The highest BCUT2D eigenvalue weighted by molar-refractivity contribution is 6.02. The van der Waals surface area contributed by atoms with E-state index in [1.54, 1.807) is 18.1 Å². The van der Waals surface area contributed by atoms with Crippen molar-refractivity contribution >= 4 is 22.8 Å².